The van der Waals surface area contributed by atoms with E-state index in [0.29, 0.717) is 19.3 Å². The number of ether oxygens (including phenoxy) is 3. The van der Waals surface area contributed by atoms with E-state index >= 15 is 0 Å². The van der Waals surface area contributed by atoms with Crippen molar-refractivity contribution in [2.24, 2.45) is 0 Å². The van der Waals surface area contributed by atoms with Crippen molar-refractivity contribution < 1.29 is 28.6 Å². The fourth-order valence-electron chi connectivity index (χ4n) is 10.2. The summed E-state index contributed by atoms with van der Waals surface area (Å²) in [5.41, 5.74) is 0. The summed E-state index contributed by atoms with van der Waals surface area (Å²) < 4.78 is 17.0. The highest BCUT2D eigenvalue weighted by atomic mass is 16.6. The molecule has 1 unspecified atom stereocenters. The molecule has 6 heteroatoms. The second-order valence-corrected chi connectivity index (χ2v) is 23.1. The average Bonchev–Trinajstić information content (AvgIpc) is 3.42. The molecule has 76 heavy (non-hydrogen) atoms. The zero-order chi connectivity index (χ0) is 55.0. The van der Waals surface area contributed by atoms with E-state index in [1.165, 1.54) is 257 Å². The maximum atomic E-state index is 12.9. The first-order chi connectivity index (χ1) is 37.5. The third-order valence-corrected chi connectivity index (χ3v) is 15.4. The number of hydrogen-bond donors (Lipinski definition) is 0. The van der Waals surface area contributed by atoms with Crippen LogP contribution in [-0.4, -0.2) is 37.2 Å². The lowest BCUT2D eigenvalue weighted by Gasteiger charge is -2.18. The quantitative estimate of drug-likeness (QED) is 0.0261. The van der Waals surface area contributed by atoms with Crippen LogP contribution in [0.25, 0.3) is 0 Å². The molecule has 6 nitrogen and oxygen atoms in total. The molecule has 0 aromatic heterocycles. The van der Waals surface area contributed by atoms with Gasteiger partial charge in [-0.15, -0.1) is 0 Å². The maximum absolute atomic E-state index is 12.9. The van der Waals surface area contributed by atoms with Crippen molar-refractivity contribution in [2.75, 3.05) is 13.2 Å². The molecule has 0 rings (SSSR count). The minimum Gasteiger partial charge on any atom is -0.462 e. The number of allylic oxidation sites excluding steroid dienone is 6. The third kappa shape index (κ3) is 62.5. The zero-order valence-corrected chi connectivity index (χ0v) is 51.3. The standard InChI is InChI=1S/C70H130O6/c1-4-7-10-13-16-19-22-25-28-31-32-33-34-35-36-37-38-40-42-45-48-51-54-57-60-63-69(72)75-66-67(65-74-68(71)62-59-56-53-50-47-44-41-30-27-24-21-18-15-12-9-6-3)76-70(73)64-61-58-55-52-49-46-43-39-29-26-23-20-17-14-11-8-5-2/h21,24,30-32,41,67H,4-20,22-23,25-29,33-40,42-66H2,1-3H3/b24-21-,32-31-,41-30-. The molecular formula is C70H130O6. The maximum Gasteiger partial charge on any atom is 0.306 e. The van der Waals surface area contributed by atoms with E-state index in [-0.39, 0.29) is 31.1 Å². The fraction of sp³-hybridized carbons (Fsp3) is 0.871. The molecule has 0 radical (unpaired) electrons. The van der Waals surface area contributed by atoms with Crippen molar-refractivity contribution in [3.8, 4) is 0 Å². The van der Waals surface area contributed by atoms with Crippen LogP contribution in [0, 0.1) is 0 Å². The monoisotopic (exact) mass is 1070 g/mol. The van der Waals surface area contributed by atoms with Crippen LogP contribution in [0.1, 0.15) is 374 Å². The minimum atomic E-state index is -0.776. The number of carbonyl (C=O) groups excluding carboxylic acids is 3. The van der Waals surface area contributed by atoms with Gasteiger partial charge in [0.1, 0.15) is 13.2 Å². The van der Waals surface area contributed by atoms with Crippen molar-refractivity contribution >= 4 is 17.9 Å². The number of carbonyl (C=O) groups is 3. The molecule has 0 aromatic rings. The van der Waals surface area contributed by atoms with Gasteiger partial charge in [0.15, 0.2) is 6.10 Å². The van der Waals surface area contributed by atoms with Gasteiger partial charge in [0.05, 0.1) is 0 Å². The normalized spacial score (nSPS) is 12.2. The van der Waals surface area contributed by atoms with Crippen molar-refractivity contribution in [1.82, 2.24) is 0 Å². The van der Waals surface area contributed by atoms with Gasteiger partial charge in [-0.05, 0) is 77.0 Å². The van der Waals surface area contributed by atoms with E-state index in [4.69, 9.17) is 14.2 Å². The van der Waals surface area contributed by atoms with Gasteiger partial charge in [-0.25, -0.2) is 0 Å². The largest absolute Gasteiger partial charge is 0.462 e. The Morgan fingerprint density at radius 1 is 0.263 bits per heavy atom. The van der Waals surface area contributed by atoms with Gasteiger partial charge in [0, 0.05) is 19.3 Å². The number of hydrogen-bond acceptors (Lipinski definition) is 6. The van der Waals surface area contributed by atoms with E-state index in [2.05, 4.69) is 57.2 Å². The molecule has 0 saturated carbocycles. The lowest BCUT2D eigenvalue weighted by molar-refractivity contribution is -0.167. The molecule has 0 N–H and O–H groups in total. The van der Waals surface area contributed by atoms with E-state index < -0.39 is 6.10 Å². The van der Waals surface area contributed by atoms with Crippen LogP contribution in [0.3, 0.4) is 0 Å². The Kier molecular flexibility index (Phi) is 63.1. The van der Waals surface area contributed by atoms with Crippen LogP contribution in [0.2, 0.25) is 0 Å². The van der Waals surface area contributed by atoms with Crippen LogP contribution >= 0.6 is 0 Å². The Balaban J connectivity index is 4.28. The molecule has 0 bridgehead atoms. The van der Waals surface area contributed by atoms with Gasteiger partial charge in [-0.3, -0.25) is 14.4 Å². The summed E-state index contributed by atoms with van der Waals surface area (Å²) in [7, 11) is 0. The van der Waals surface area contributed by atoms with Gasteiger partial charge in [-0.2, -0.15) is 0 Å². The Labute approximate surface area is 474 Å². The van der Waals surface area contributed by atoms with E-state index in [1.54, 1.807) is 0 Å². The minimum absolute atomic E-state index is 0.0720. The summed E-state index contributed by atoms with van der Waals surface area (Å²) in [5, 5.41) is 0. The van der Waals surface area contributed by atoms with E-state index in [1.807, 2.05) is 0 Å². The van der Waals surface area contributed by atoms with E-state index in [0.717, 1.165) is 77.0 Å². The summed E-state index contributed by atoms with van der Waals surface area (Å²) in [6, 6.07) is 0. The second kappa shape index (κ2) is 65.2. The highest BCUT2D eigenvalue weighted by molar-refractivity contribution is 5.71. The topological polar surface area (TPSA) is 78.9 Å². The van der Waals surface area contributed by atoms with Gasteiger partial charge in [0.25, 0.3) is 0 Å². The van der Waals surface area contributed by atoms with Gasteiger partial charge in [0.2, 0.25) is 0 Å². The van der Waals surface area contributed by atoms with Crippen LogP contribution in [0.4, 0.5) is 0 Å². The predicted molar refractivity (Wildman–Crippen MR) is 330 cm³/mol. The molecule has 446 valence electrons. The Morgan fingerprint density at radius 2 is 0.474 bits per heavy atom. The molecule has 0 heterocycles. The van der Waals surface area contributed by atoms with E-state index in [9.17, 15) is 14.4 Å². The number of esters is 3. The van der Waals surface area contributed by atoms with Crippen LogP contribution in [0.5, 0.6) is 0 Å². The van der Waals surface area contributed by atoms with Crippen molar-refractivity contribution in [3.63, 3.8) is 0 Å². The van der Waals surface area contributed by atoms with Gasteiger partial charge >= 0.3 is 17.9 Å². The van der Waals surface area contributed by atoms with Gasteiger partial charge < -0.3 is 14.2 Å². The average molecular weight is 1070 g/mol. The fourth-order valence-corrected chi connectivity index (χ4v) is 10.2. The zero-order valence-electron chi connectivity index (χ0n) is 51.3. The molecule has 0 aliphatic carbocycles. The third-order valence-electron chi connectivity index (χ3n) is 15.4. The molecule has 0 spiro atoms. The lowest BCUT2D eigenvalue weighted by atomic mass is 10.0. The second-order valence-electron chi connectivity index (χ2n) is 23.1. The first-order valence-corrected chi connectivity index (χ1v) is 34.0. The van der Waals surface area contributed by atoms with Crippen molar-refractivity contribution in [1.29, 1.82) is 0 Å². The molecule has 0 fully saturated rings. The first kappa shape index (κ1) is 73.6. The van der Waals surface area contributed by atoms with Crippen molar-refractivity contribution in [3.05, 3.63) is 36.5 Å². The molecular weight excluding hydrogens is 937 g/mol. The molecule has 0 aliphatic rings. The Morgan fingerprint density at radius 3 is 0.750 bits per heavy atom. The highest BCUT2D eigenvalue weighted by Gasteiger charge is 2.19. The number of rotatable bonds is 63. The smallest absolute Gasteiger partial charge is 0.306 e. The van der Waals surface area contributed by atoms with Crippen molar-refractivity contribution in [2.45, 2.75) is 380 Å². The summed E-state index contributed by atoms with van der Waals surface area (Å²) >= 11 is 0. The summed E-state index contributed by atoms with van der Waals surface area (Å²) in [6.45, 7) is 6.68. The summed E-state index contributed by atoms with van der Waals surface area (Å²) in [6.07, 6.45) is 80.2. The molecule has 0 aliphatic heterocycles. The summed E-state index contributed by atoms with van der Waals surface area (Å²) in [4.78, 5) is 38.4. The Bertz CT molecular complexity index is 1270. The van der Waals surface area contributed by atoms with Crippen LogP contribution in [-0.2, 0) is 28.6 Å². The highest BCUT2D eigenvalue weighted by Crippen LogP contribution is 2.18. The summed E-state index contributed by atoms with van der Waals surface area (Å²) in [5.74, 6) is -0.859. The van der Waals surface area contributed by atoms with Gasteiger partial charge in [-0.1, -0.05) is 314 Å². The predicted octanol–water partition coefficient (Wildman–Crippen LogP) is 23.2. The van der Waals surface area contributed by atoms with Crippen LogP contribution < -0.4 is 0 Å². The molecule has 0 amide bonds. The SMILES string of the molecule is CCCCCC/C=C\C/C=C\CCCCCCCC(=O)OCC(COC(=O)CCCCCCCCCCCCCCC/C=C\CCCCCCCCCC)OC(=O)CCCCCCCCCCCCCCCCCCC. The molecule has 0 aromatic carbocycles. The first-order valence-electron chi connectivity index (χ1n) is 34.0. The molecule has 0 saturated heterocycles. The van der Waals surface area contributed by atoms with Crippen LogP contribution in [0.15, 0.2) is 36.5 Å². The molecule has 1 atom stereocenters. The number of unbranched alkanes of at least 4 members (excludes halogenated alkanes) is 46. The lowest BCUT2D eigenvalue weighted by Crippen LogP contribution is -2.30. The Hall–Kier alpha value is -2.37.